The summed E-state index contributed by atoms with van der Waals surface area (Å²) in [6, 6.07) is 16.9. The lowest BCUT2D eigenvalue weighted by Crippen LogP contribution is -2.23. The van der Waals surface area contributed by atoms with Crippen LogP contribution in [-0.2, 0) is 20.1 Å². The summed E-state index contributed by atoms with van der Waals surface area (Å²) in [4.78, 5) is 28.5. The van der Waals surface area contributed by atoms with Gasteiger partial charge in [0.15, 0.2) is 11.6 Å². The molecule has 0 saturated carbocycles. The number of nitrogens with one attached hydrogen (secondary N) is 3. The molecule has 0 radical (unpaired) electrons. The summed E-state index contributed by atoms with van der Waals surface area (Å²) >= 11 is 0. The van der Waals surface area contributed by atoms with Crippen molar-refractivity contribution in [3.63, 3.8) is 0 Å². The van der Waals surface area contributed by atoms with Crippen LogP contribution in [0.5, 0.6) is 0 Å². The molecule has 10 nitrogen and oxygen atoms in total. The molecule has 5 aromatic rings. The van der Waals surface area contributed by atoms with Crippen LogP contribution in [0.25, 0.3) is 22.6 Å². The van der Waals surface area contributed by atoms with E-state index in [-0.39, 0.29) is 5.91 Å². The Balaban J connectivity index is 1.22. The third-order valence-corrected chi connectivity index (χ3v) is 5.21. The van der Waals surface area contributed by atoms with Crippen molar-refractivity contribution in [1.82, 2.24) is 40.0 Å². The van der Waals surface area contributed by atoms with Crippen molar-refractivity contribution >= 4 is 22.6 Å². The van der Waals surface area contributed by atoms with Gasteiger partial charge in [-0.3, -0.25) is 4.79 Å². The van der Waals surface area contributed by atoms with Crippen LogP contribution in [0.15, 0.2) is 67.1 Å². The van der Waals surface area contributed by atoms with E-state index in [1.807, 2.05) is 48.0 Å². The number of hydrogen-bond donors (Lipinski definition) is 3. The Labute approximate surface area is 189 Å². The monoisotopic (exact) mass is 439 g/mol. The van der Waals surface area contributed by atoms with Crippen molar-refractivity contribution in [3.8, 4) is 11.5 Å². The molecular formula is C23H21N9O. The smallest absolute Gasteiger partial charge is 0.251 e. The van der Waals surface area contributed by atoms with Gasteiger partial charge in [-0.25, -0.2) is 15.0 Å². The van der Waals surface area contributed by atoms with E-state index >= 15 is 0 Å². The van der Waals surface area contributed by atoms with Gasteiger partial charge in [0.2, 0.25) is 0 Å². The summed E-state index contributed by atoms with van der Waals surface area (Å²) in [5.41, 5.74) is 3.88. The van der Waals surface area contributed by atoms with E-state index in [1.165, 1.54) is 6.33 Å². The van der Waals surface area contributed by atoms with Crippen LogP contribution in [0.4, 0.5) is 5.69 Å². The van der Waals surface area contributed by atoms with Crippen molar-refractivity contribution in [2.75, 3.05) is 5.32 Å². The minimum atomic E-state index is -0.177. The fourth-order valence-corrected chi connectivity index (χ4v) is 3.47. The van der Waals surface area contributed by atoms with Crippen molar-refractivity contribution in [2.24, 2.45) is 7.05 Å². The molecule has 33 heavy (non-hydrogen) atoms. The van der Waals surface area contributed by atoms with E-state index in [0.29, 0.717) is 36.0 Å². The number of carbonyl (C=O) groups excluding carboxylic acids is 1. The van der Waals surface area contributed by atoms with Crippen LogP contribution in [0.3, 0.4) is 0 Å². The number of anilines is 1. The number of nitrogens with zero attached hydrogens (tertiary/aromatic N) is 6. The minimum Gasteiger partial charge on any atom is -0.378 e. The highest BCUT2D eigenvalue weighted by Crippen LogP contribution is 2.16. The molecule has 3 N–H and O–H groups in total. The van der Waals surface area contributed by atoms with Crippen LogP contribution < -0.4 is 10.6 Å². The van der Waals surface area contributed by atoms with Gasteiger partial charge in [-0.05, 0) is 36.4 Å². The maximum Gasteiger partial charge on any atom is 0.251 e. The summed E-state index contributed by atoms with van der Waals surface area (Å²) in [7, 11) is 1.89. The second kappa shape index (κ2) is 8.87. The van der Waals surface area contributed by atoms with E-state index in [4.69, 9.17) is 0 Å². The number of H-pyrrole nitrogens is 1. The fraction of sp³-hybridized carbons (Fsp3) is 0.130. The average molecular weight is 439 g/mol. The Kier molecular flexibility index (Phi) is 5.46. The standard InChI is InChI=1S/C23H21N9O/c1-32-21(30-31-22(32)19-9-10-24-14-27-19)13-25-16-6-4-5-15(11-16)23(33)26-12-20-28-17-7-2-3-8-18(17)29-20/h2-11,14,25H,12-13H2,1H3,(H,26,33)(H,28,29). The Morgan fingerprint density at radius 1 is 1.06 bits per heavy atom. The normalized spacial score (nSPS) is 10.9. The zero-order valence-electron chi connectivity index (χ0n) is 17.9. The summed E-state index contributed by atoms with van der Waals surface area (Å²) < 4.78 is 1.87. The molecule has 5 rings (SSSR count). The predicted molar refractivity (Wildman–Crippen MR) is 123 cm³/mol. The topological polar surface area (TPSA) is 126 Å². The summed E-state index contributed by atoms with van der Waals surface area (Å²) in [6.45, 7) is 0.758. The molecule has 2 aromatic carbocycles. The van der Waals surface area contributed by atoms with Crippen molar-refractivity contribution in [3.05, 3.63) is 84.3 Å². The predicted octanol–water partition coefficient (Wildman–Crippen LogP) is 2.69. The Morgan fingerprint density at radius 3 is 2.82 bits per heavy atom. The molecule has 1 amide bonds. The first-order valence-corrected chi connectivity index (χ1v) is 10.4. The quantitative estimate of drug-likeness (QED) is 0.356. The molecule has 0 aliphatic heterocycles. The van der Waals surface area contributed by atoms with Crippen LogP contribution in [0.2, 0.25) is 0 Å². The molecule has 10 heteroatoms. The highest BCUT2D eigenvalue weighted by molar-refractivity contribution is 5.95. The number of benzene rings is 2. The van der Waals surface area contributed by atoms with E-state index in [0.717, 1.165) is 22.5 Å². The lowest BCUT2D eigenvalue weighted by atomic mass is 10.2. The van der Waals surface area contributed by atoms with Gasteiger partial charge in [0, 0.05) is 24.5 Å². The van der Waals surface area contributed by atoms with Gasteiger partial charge in [-0.15, -0.1) is 10.2 Å². The molecule has 3 aromatic heterocycles. The van der Waals surface area contributed by atoms with Crippen LogP contribution in [0, 0.1) is 0 Å². The zero-order chi connectivity index (χ0) is 22.6. The van der Waals surface area contributed by atoms with Gasteiger partial charge in [-0.2, -0.15) is 0 Å². The van der Waals surface area contributed by atoms with Gasteiger partial charge < -0.3 is 20.2 Å². The van der Waals surface area contributed by atoms with E-state index < -0.39 is 0 Å². The SMILES string of the molecule is Cn1c(CNc2cccc(C(=O)NCc3nc4ccccc4[nH]3)c2)nnc1-c1ccncn1. The number of hydrogen-bond acceptors (Lipinski definition) is 7. The largest absolute Gasteiger partial charge is 0.378 e. The number of aromatic nitrogens is 7. The number of para-hydroxylation sites is 2. The van der Waals surface area contributed by atoms with E-state index in [2.05, 4.69) is 40.8 Å². The molecule has 3 heterocycles. The second-order valence-corrected chi connectivity index (χ2v) is 7.41. The number of carbonyl (C=O) groups is 1. The third-order valence-electron chi connectivity index (χ3n) is 5.21. The van der Waals surface area contributed by atoms with Gasteiger partial charge in [0.25, 0.3) is 5.91 Å². The number of rotatable bonds is 7. The molecule has 164 valence electrons. The molecule has 0 saturated heterocycles. The van der Waals surface area contributed by atoms with Crippen molar-refractivity contribution in [2.45, 2.75) is 13.1 Å². The van der Waals surface area contributed by atoms with Gasteiger partial charge in [0.05, 0.1) is 24.1 Å². The summed E-state index contributed by atoms with van der Waals surface area (Å²) in [5, 5.41) is 14.7. The summed E-state index contributed by atoms with van der Waals surface area (Å²) in [6.07, 6.45) is 3.15. The van der Waals surface area contributed by atoms with Gasteiger partial charge >= 0.3 is 0 Å². The molecule has 0 fully saturated rings. The van der Waals surface area contributed by atoms with E-state index in [1.54, 1.807) is 24.4 Å². The Hall–Kier alpha value is -4.60. The third kappa shape index (κ3) is 4.40. The van der Waals surface area contributed by atoms with Gasteiger partial charge in [0.1, 0.15) is 17.8 Å². The van der Waals surface area contributed by atoms with E-state index in [9.17, 15) is 4.79 Å². The molecule has 0 aliphatic carbocycles. The molecule has 0 atom stereocenters. The first-order chi connectivity index (χ1) is 16.2. The number of imidazole rings is 1. The maximum atomic E-state index is 12.7. The highest BCUT2D eigenvalue weighted by atomic mass is 16.1. The molecule has 0 unspecified atom stereocenters. The first-order valence-electron chi connectivity index (χ1n) is 10.4. The molecular weight excluding hydrogens is 418 g/mol. The number of aromatic amines is 1. The highest BCUT2D eigenvalue weighted by Gasteiger charge is 2.12. The Morgan fingerprint density at radius 2 is 1.97 bits per heavy atom. The number of fused-ring (bicyclic) bond motifs is 1. The molecule has 0 spiro atoms. The second-order valence-electron chi connectivity index (χ2n) is 7.41. The molecule has 0 aliphatic rings. The maximum absolute atomic E-state index is 12.7. The lowest BCUT2D eigenvalue weighted by Gasteiger charge is -2.09. The lowest BCUT2D eigenvalue weighted by molar-refractivity contribution is 0.0950. The minimum absolute atomic E-state index is 0.177. The van der Waals surface area contributed by atoms with Gasteiger partial charge in [-0.1, -0.05) is 18.2 Å². The van der Waals surface area contributed by atoms with Crippen LogP contribution >= 0.6 is 0 Å². The van der Waals surface area contributed by atoms with Crippen molar-refractivity contribution < 1.29 is 4.79 Å². The Bertz CT molecular complexity index is 1380. The summed E-state index contributed by atoms with van der Waals surface area (Å²) in [5.74, 6) is 1.93. The van der Waals surface area contributed by atoms with Crippen molar-refractivity contribution in [1.29, 1.82) is 0 Å². The average Bonchev–Trinajstić information content (AvgIpc) is 3.44. The zero-order valence-corrected chi connectivity index (χ0v) is 17.9. The first kappa shape index (κ1) is 20.3. The van der Waals surface area contributed by atoms with Crippen LogP contribution in [-0.4, -0.2) is 40.6 Å². The fourth-order valence-electron chi connectivity index (χ4n) is 3.47. The molecule has 0 bridgehead atoms. The van der Waals surface area contributed by atoms with Crippen LogP contribution in [0.1, 0.15) is 22.0 Å². The number of amides is 1.